The van der Waals surface area contributed by atoms with Crippen LogP contribution in [0.2, 0.25) is 0 Å². The molecule has 0 N–H and O–H groups in total. The van der Waals surface area contributed by atoms with E-state index in [0.29, 0.717) is 5.92 Å². The third-order valence-electron chi connectivity index (χ3n) is 3.94. The molecule has 0 spiro atoms. The van der Waals surface area contributed by atoms with Crippen LogP contribution in [0.15, 0.2) is 30.3 Å². The maximum absolute atomic E-state index is 6.04. The van der Waals surface area contributed by atoms with Gasteiger partial charge in [0.2, 0.25) is 0 Å². The lowest BCUT2D eigenvalue weighted by Crippen LogP contribution is -2.39. The summed E-state index contributed by atoms with van der Waals surface area (Å²) < 4.78 is 6.04. The van der Waals surface area contributed by atoms with Gasteiger partial charge in [-0.1, -0.05) is 49.6 Å². The Morgan fingerprint density at radius 3 is 2.44 bits per heavy atom. The van der Waals surface area contributed by atoms with E-state index >= 15 is 0 Å². The van der Waals surface area contributed by atoms with Gasteiger partial charge in [-0.25, -0.2) is 0 Å². The number of ether oxygens (including phenoxy) is 1. The van der Waals surface area contributed by atoms with Crippen LogP contribution in [0.1, 0.15) is 44.6 Å². The topological polar surface area (TPSA) is 9.23 Å². The second-order valence-corrected chi connectivity index (χ2v) is 6.03. The highest BCUT2D eigenvalue weighted by Gasteiger charge is 2.36. The van der Waals surface area contributed by atoms with E-state index in [1.807, 2.05) is 0 Å². The van der Waals surface area contributed by atoms with Gasteiger partial charge in [0.1, 0.15) is 4.93 Å². The minimum Gasteiger partial charge on any atom is -0.364 e. The average molecular weight is 264 g/mol. The molecular weight excluding hydrogens is 240 g/mol. The molecule has 18 heavy (non-hydrogen) atoms. The van der Waals surface area contributed by atoms with Crippen LogP contribution in [0.25, 0.3) is 0 Å². The van der Waals surface area contributed by atoms with Gasteiger partial charge in [0.05, 0.1) is 0 Å². The Morgan fingerprint density at radius 2 is 1.83 bits per heavy atom. The summed E-state index contributed by atoms with van der Waals surface area (Å²) in [5.74, 6) is 0.592. The van der Waals surface area contributed by atoms with E-state index in [0.717, 1.165) is 13.0 Å². The third-order valence-corrected chi connectivity index (χ3v) is 4.59. The van der Waals surface area contributed by atoms with E-state index in [4.69, 9.17) is 17.4 Å². The summed E-state index contributed by atoms with van der Waals surface area (Å²) in [6.07, 6.45) is 7.46. The van der Waals surface area contributed by atoms with Gasteiger partial charge in [0.25, 0.3) is 0 Å². The first-order valence-corrected chi connectivity index (χ1v) is 7.59. The van der Waals surface area contributed by atoms with Crippen LogP contribution in [-0.2, 0) is 11.2 Å². The van der Waals surface area contributed by atoms with Crippen LogP contribution >= 0.6 is 12.6 Å². The van der Waals surface area contributed by atoms with Crippen molar-refractivity contribution in [1.82, 2.24) is 0 Å². The van der Waals surface area contributed by atoms with Crippen molar-refractivity contribution in [2.24, 2.45) is 5.92 Å². The fraction of sp³-hybridized carbons (Fsp3) is 0.625. The van der Waals surface area contributed by atoms with E-state index in [1.54, 1.807) is 0 Å². The normalized spacial score (nSPS) is 20.6. The lowest BCUT2D eigenvalue weighted by atomic mass is 9.82. The fourth-order valence-electron chi connectivity index (χ4n) is 3.01. The maximum atomic E-state index is 6.04. The van der Waals surface area contributed by atoms with Gasteiger partial charge in [-0.05, 0) is 31.2 Å². The molecule has 0 aliphatic heterocycles. The van der Waals surface area contributed by atoms with Gasteiger partial charge >= 0.3 is 0 Å². The first-order chi connectivity index (χ1) is 8.74. The van der Waals surface area contributed by atoms with Crippen molar-refractivity contribution in [3.05, 3.63) is 35.9 Å². The molecular formula is C16H24OS. The summed E-state index contributed by atoms with van der Waals surface area (Å²) in [5.41, 5.74) is 1.33. The first kappa shape index (κ1) is 14.0. The molecule has 0 saturated heterocycles. The summed E-state index contributed by atoms with van der Waals surface area (Å²) in [7, 11) is 0. The predicted molar refractivity (Wildman–Crippen MR) is 80.1 cm³/mol. The molecule has 1 fully saturated rings. The Labute approximate surface area is 116 Å². The number of hydrogen-bond donors (Lipinski definition) is 1. The molecule has 0 amide bonds. The van der Waals surface area contributed by atoms with Crippen LogP contribution in [0, 0.1) is 5.92 Å². The lowest BCUT2D eigenvalue weighted by Gasteiger charge is -2.39. The van der Waals surface area contributed by atoms with Gasteiger partial charge in [0.15, 0.2) is 0 Å². The standard InChI is InChI=1S/C16H24OS/c1-2-17-16(18,15-11-7-4-8-12-15)13-14-9-5-3-6-10-14/h3,5-6,9-10,15,18H,2,4,7-8,11-13H2,1H3. The zero-order valence-corrected chi connectivity index (χ0v) is 12.2. The molecule has 1 unspecified atom stereocenters. The summed E-state index contributed by atoms with van der Waals surface area (Å²) in [6.45, 7) is 2.81. The molecule has 1 nitrogen and oxygen atoms in total. The van der Waals surface area contributed by atoms with Crippen LogP contribution in [0.3, 0.4) is 0 Å². The number of benzene rings is 1. The molecule has 1 aromatic carbocycles. The second kappa shape index (κ2) is 6.63. The van der Waals surface area contributed by atoms with Crippen molar-refractivity contribution in [2.45, 2.75) is 50.4 Å². The highest BCUT2D eigenvalue weighted by Crippen LogP contribution is 2.39. The Balaban J connectivity index is 2.09. The van der Waals surface area contributed by atoms with Crippen molar-refractivity contribution in [3.63, 3.8) is 0 Å². The van der Waals surface area contributed by atoms with Crippen molar-refractivity contribution in [3.8, 4) is 0 Å². The number of thiol groups is 1. The predicted octanol–water partition coefficient (Wildman–Crippen LogP) is 4.47. The van der Waals surface area contributed by atoms with Gasteiger partial charge in [-0.3, -0.25) is 0 Å². The molecule has 0 radical (unpaired) electrons. The fourth-order valence-corrected chi connectivity index (χ4v) is 3.58. The molecule has 2 heteroatoms. The molecule has 1 atom stereocenters. The lowest BCUT2D eigenvalue weighted by molar-refractivity contribution is -0.0191. The molecule has 1 aliphatic rings. The second-order valence-electron chi connectivity index (χ2n) is 5.28. The van der Waals surface area contributed by atoms with Crippen LogP contribution < -0.4 is 0 Å². The van der Waals surface area contributed by atoms with Crippen molar-refractivity contribution < 1.29 is 4.74 Å². The molecule has 0 bridgehead atoms. The zero-order valence-electron chi connectivity index (χ0n) is 11.3. The highest BCUT2D eigenvalue weighted by atomic mass is 32.1. The summed E-state index contributed by atoms with van der Waals surface area (Å²) in [5, 5.41) is 0. The van der Waals surface area contributed by atoms with Crippen molar-refractivity contribution in [2.75, 3.05) is 6.61 Å². The molecule has 1 saturated carbocycles. The van der Waals surface area contributed by atoms with Gasteiger partial charge < -0.3 is 4.74 Å². The van der Waals surface area contributed by atoms with Crippen LogP contribution in [0.4, 0.5) is 0 Å². The smallest absolute Gasteiger partial charge is 0.117 e. The Hall–Kier alpha value is -0.470. The minimum absolute atomic E-state index is 0.281. The van der Waals surface area contributed by atoms with Crippen molar-refractivity contribution >= 4 is 12.6 Å². The summed E-state index contributed by atoms with van der Waals surface area (Å²) >= 11 is 4.93. The van der Waals surface area contributed by atoms with Crippen molar-refractivity contribution in [1.29, 1.82) is 0 Å². The van der Waals surface area contributed by atoms with Gasteiger partial charge in [-0.15, -0.1) is 12.6 Å². The Kier molecular flexibility index (Phi) is 5.13. The molecule has 1 aliphatic carbocycles. The molecule has 1 aromatic rings. The Bertz CT molecular complexity index is 345. The van der Waals surface area contributed by atoms with Gasteiger partial charge in [-0.2, -0.15) is 0 Å². The third kappa shape index (κ3) is 3.52. The summed E-state index contributed by atoms with van der Waals surface area (Å²) in [4.78, 5) is -0.281. The Morgan fingerprint density at radius 1 is 1.17 bits per heavy atom. The van der Waals surface area contributed by atoms with E-state index in [9.17, 15) is 0 Å². The molecule has 100 valence electrons. The molecule has 0 aromatic heterocycles. The highest BCUT2D eigenvalue weighted by molar-refractivity contribution is 7.81. The zero-order chi connectivity index (χ0) is 12.8. The quantitative estimate of drug-likeness (QED) is 0.609. The minimum atomic E-state index is -0.281. The monoisotopic (exact) mass is 264 g/mol. The van der Waals surface area contributed by atoms with E-state index in [2.05, 4.69) is 37.3 Å². The number of hydrogen-bond acceptors (Lipinski definition) is 2. The molecule has 0 heterocycles. The van der Waals surface area contributed by atoms with E-state index < -0.39 is 0 Å². The van der Waals surface area contributed by atoms with Crippen LogP contribution in [-0.4, -0.2) is 11.5 Å². The average Bonchev–Trinajstić information content (AvgIpc) is 2.41. The largest absolute Gasteiger partial charge is 0.364 e. The van der Waals surface area contributed by atoms with E-state index in [1.165, 1.54) is 37.7 Å². The number of rotatable bonds is 5. The summed E-state index contributed by atoms with van der Waals surface area (Å²) in [6, 6.07) is 10.6. The van der Waals surface area contributed by atoms with E-state index in [-0.39, 0.29) is 4.93 Å². The SMILES string of the molecule is CCOC(S)(Cc1ccccc1)C1CCCCC1. The van der Waals surface area contributed by atoms with Gasteiger partial charge in [0, 0.05) is 13.0 Å². The first-order valence-electron chi connectivity index (χ1n) is 7.15. The van der Waals surface area contributed by atoms with Crippen LogP contribution in [0.5, 0.6) is 0 Å². The maximum Gasteiger partial charge on any atom is 0.117 e. The molecule has 2 rings (SSSR count).